The first-order chi connectivity index (χ1) is 15.8. The molecule has 1 fully saturated rings. The summed E-state index contributed by atoms with van der Waals surface area (Å²) in [5, 5.41) is 0. The molecule has 32 heavy (non-hydrogen) atoms. The van der Waals surface area contributed by atoms with Crippen LogP contribution >= 0.6 is 0 Å². The second-order valence-electron chi connectivity index (χ2n) is 9.80. The maximum atomic E-state index is 6.12. The molecule has 0 N–H and O–H groups in total. The van der Waals surface area contributed by atoms with Crippen molar-refractivity contribution < 1.29 is 4.74 Å². The van der Waals surface area contributed by atoms with Crippen LogP contribution in [0.3, 0.4) is 0 Å². The average Bonchev–Trinajstić information content (AvgIpc) is 2.84. The zero-order chi connectivity index (χ0) is 22.4. The number of benzene rings is 1. The summed E-state index contributed by atoms with van der Waals surface area (Å²) < 4.78 is 6.12. The van der Waals surface area contributed by atoms with Gasteiger partial charge in [0.2, 0.25) is 0 Å². The predicted octanol–water partition coefficient (Wildman–Crippen LogP) is 8.42. The monoisotopic (exact) mass is 436 g/mol. The molecule has 3 nitrogen and oxygen atoms in total. The van der Waals surface area contributed by atoms with Crippen LogP contribution in [0.4, 0.5) is 0 Å². The Hall–Kier alpha value is -1.90. The highest BCUT2D eigenvalue weighted by molar-refractivity contribution is 5.55. The van der Waals surface area contributed by atoms with E-state index in [0.717, 1.165) is 42.0 Å². The zero-order valence-electron chi connectivity index (χ0n) is 20.5. The van der Waals surface area contributed by atoms with Gasteiger partial charge in [-0.3, -0.25) is 0 Å². The lowest BCUT2D eigenvalue weighted by Gasteiger charge is -2.28. The largest absolute Gasteiger partial charge is 0.493 e. The van der Waals surface area contributed by atoms with Crippen molar-refractivity contribution in [3.63, 3.8) is 0 Å². The number of aromatic nitrogens is 2. The lowest BCUT2D eigenvalue weighted by atomic mass is 9.80. The van der Waals surface area contributed by atoms with Crippen molar-refractivity contribution in [2.45, 2.75) is 104 Å². The van der Waals surface area contributed by atoms with Gasteiger partial charge in [0.25, 0.3) is 0 Å². The van der Waals surface area contributed by atoms with Gasteiger partial charge in [-0.1, -0.05) is 78.1 Å². The maximum Gasteiger partial charge on any atom is 0.159 e. The van der Waals surface area contributed by atoms with Gasteiger partial charge >= 0.3 is 0 Å². The van der Waals surface area contributed by atoms with E-state index in [-0.39, 0.29) is 0 Å². The lowest BCUT2D eigenvalue weighted by Crippen LogP contribution is -2.20. The van der Waals surface area contributed by atoms with Crippen molar-refractivity contribution in [1.82, 2.24) is 9.97 Å². The summed E-state index contributed by atoms with van der Waals surface area (Å²) >= 11 is 0. The van der Waals surface area contributed by atoms with Crippen LogP contribution in [0.1, 0.15) is 103 Å². The summed E-state index contributed by atoms with van der Waals surface area (Å²) in [6.45, 7) is 5.40. The molecule has 0 aliphatic heterocycles. The van der Waals surface area contributed by atoms with E-state index in [0.29, 0.717) is 0 Å². The number of rotatable bonds is 14. The summed E-state index contributed by atoms with van der Waals surface area (Å²) in [4.78, 5) is 9.19. The molecule has 0 atom stereocenters. The summed E-state index contributed by atoms with van der Waals surface area (Å²) in [6, 6.07) is 8.30. The molecule has 3 heteroatoms. The summed E-state index contributed by atoms with van der Waals surface area (Å²) in [5.74, 6) is 3.44. The predicted molar refractivity (Wildman–Crippen MR) is 135 cm³/mol. The van der Waals surface area contributed by atoms with Crippen LogP contribution in [0, 0.1) is 11.8 Å². The average molecular weight is 437 g/mol. The minimum absolute atomic E-state index is 0.718. The number of hydrogen-bond donors (Lipinski definition) is 0. The molecule has 0 amide bonds. The molecule has 0 spiro atoms. The molecule has 1 aromatic carbocycles. The zero-order valence-corrected chi connectivity index (χ0v) is 20.5. The molecule has 1 heterocycles. The first-order valence-corrected chi connectivity index (χ1v) is 13.3. The van der Waals surface area contributed by atoms with E-state index in [2.05, 4.69) is 48.1 Å². The fraction of sp³-hybridized carbons (Fsp3) is 0.655. The summed E-state index contributed by atoms with van der Waals surface area (Å²) in [7, 11) is 0. The first kappa shape index (κ1) is 24.7. The van der Waals surface area contributed by atoms with Crippen molar-refractivity contribution in [3.05, 3.63) is 42.2 Å². The van der Waals surface area contributed by atoms with Crippen LogP contribution in [-0.4, -0.2) is 16.6 Å². The highest BCUT2D eigenvalue weighted by atomic mass is 16.5. The smallest absolute Gasteiger partial charge is 0.159 e. The third-order valence-corrected chi connectivity index (χ3v) is 7.05. The van der Waals surface area contributed by atoms with E-state index in [9.17, 15) is 0 Å². The number of hydrogen-bond acceptors (Lipinski definition) is 3. The van der Waals surface area contributed by atoms with Crippen molar-refractivity contribution in [2.75, 3.05) is 6.61 Å². The summed E-state index contributed by atoms with van der Waals surface area (Å²) in [6.07, 6.45) is 22.6. The molecule has 1 saturated carbocycles. The molecule has 0 bridgehead atoms. The highest BCUT2D eigenvalue weighted by Crippen LogP contribution is 2.32. The van der Waals surface area contributed by atoms with Crippen LogP contribution in [-0.2, 0) is 6.42 Å². The Bertz CT molecular complexity index is 733. The number of nitrogens with zero attached hydrogens (tertiary/aromatic N) is 2. The number of unbranched alkanes of at least 4 members (excludes halogenated alkanes) is 6. The first-order valence-electron chi connectivity index (χ1n) is 13.3. The Kier molecular flexibility index (Phi) is 11.0. The fourth-order valence-electron chi connectivity index (χ4n) is 4.85. The third kappa shape index (κ3) is 8.56. The summed E-state index contributed by atoms with van der Waals surface area (Å²) in [5.41, 5.74) is 2.30. The number of aryl methyl sites for hydroxylation is 1. The molecule has 176 valence electrons. The molecule has 0 unspecified atom stereocenters. The minimum atomic E-state index is 0.718. The van der Waals surface area contributed by atoms with Gasteiger partial charge in [-0.05, 0) is 67.3 Å². The van der Waals surface area contributed by atoms with Crippen molar-refractivity contribution >= 4 is 0 Å². The SMILES string of the molecule is CCCCCCCc1cnc(-c2ccc(OCC3CCC(CCCCC)CC3)cc2)nc1. The minimum Gasteiger partial charge on any atom is -0.493 e. The second-order valence-corrected chi connectivity index (χ2v) is 9.80. The maximum absolute atomic E-state index is 6.12. The van der Waals surface area contributed by atoms with Crippen LogP contribution in [0.5, 0.6) is 5.75 Å². The molecular formula is C29H44N2O. The van der Waals surface area contributed by atoms with E-state index in [4.69, 9.17) is 4.74 Å². The van der Waals surface area contributed by atoms with Crippen molar-refractivity contribution in [3.8, 4) is 17.1 Å². The van der Waals surface area contributed by atoms with Gasteiger partial charge in [0.05, 0.1) is 6.61 Å². The van der Waals surface area contributed by atoms with Gasteiger partial charge in [0, 0.05) is 18.0 Å². The van der Waals surface area contributed by atoms with E-state index in [1.165, 1.54) is 89.0 Å². The quantitative estimate of drug-likeness (QED) is 0.279. The Morgan fingerprint density at radius 2 is 1.38 bits per heavy atom. The molecule has 1 aliphatic carbocycles. The van der Waals surface area contributed by atoms with Crippen molar-refractivity contribution in [1.29, 1.82) is 0 Å². The van der Waals surface area contributed by atoms with Crippen molar-refractivity contribution in [2.24, 2.45) is 11.8 Å². The normalized spacial score (nSPS) is 18.6. The Morgan fingerprint density at radius 1 is 0.750 bits per heavy atom. The molecular weight excluding hydrogens is 392 g/mol. The Balaban J connectivity index is 1.38. The fourth-order valence-corrected chi connectivity index (χ4v) is 4.85. The van der Waals surface area contributed by atoms with Gasteiger partial charge in [-0.15, -0.1) is 0 Å². The van der Waals surface area contributed by atoms with Gasteiger partial charge in [-0.2, -0.15) is 0 Å². The Morgan fingerprint density at radius 3 is 2.06 bits per heavy atom. The second kappa shape index (κ2) is 14.3. The van der Waals surface area contributed by atoms with Crippen LogP contribution < -0.4 is 4.74 Å². The van der Waals surface area contributed by atoms with E-state index < -0.39 is 0 Å². The molecule has 0 radical (unpaired) electrons. The van der Waals surface area contributed by atoms with Gasteiger partial charge in [-0.25, -0.2) is 9.97 Å². The number of ether oxygens (including phenoxy) is 1. The molecule has 2 aromatic rings. The van der Waals surface area contributed by atoms with Gasteiger partial charge in [0.15, 0.2) is 5.82 Å². The third-order valence-electron chi connectivity index (χ3n) is 7.05. The van der Waals surface area contributed by atoms with Gasteiger partial charge < -0.3 is 4.74 Å². The van der Waals surface area contributed by atoms with Crippen LogP contribution in [0.15, 0.2) is 36.7 Å². The van der Waals surface area contributed by atoms with Gasteiger partial charge in [0.1, 0.15) is 5.75 Å². The lowest BCUT2D eigenvalue weighted by molar-refractivity contribution is 0.177. The topological polar surface area (TPSA) is 35.0 Å². The van der Waals surface area contributed by atoms with Crippen LogP contribution in [0.2, 0.25) is 0 Å². The highest BCUT2D eigenvalue weighted by Gasteiger charge is 2.21. The van der Waals surface area contributed by atoms with E-state index in [1.807, 2.05) is 12.4 Å². The molecule has 3 rings (SSSR count). The Labute approximate surface area is 196 Å². The molecule has 1 aromatic heterocycles. The molecule has 1 aliphatic rings. The van der Waals surface area contributed by atoms with Crippen LogP contribution in [0.25, 0.3) is 11.4 Å². The standard InChI is InChI=1S/C29H44N2O/c1-3-5-7-8-10-12-26-21-30-29(31-22-26)27-17-19-28(20-18-27)32-23-25-15-13-24(14-16-25)11-9-6-4-2/h17-22,24-25H,3-16,23H2,1-2H3. The van der Waals surface area contributed by atoms with E-state index >= 15 is 0 Å². The van der Waals surface area contributed by atoms with E-state index in [1.54, 1.807) is 0 Å². The molecule has 0 saturated heterocycles.